The summed E-state index contributed by atoms with van der Waals surface area (Å²) in [6, 6.07) is 3.78. The number of halogens is 1. The van der Waals surface area contributed by atoms with Crippen LogP contribution in [0, 0.1) is 6.92 Å². The maximum Gasteiger partial charge on any atom is 0.309 e. The molecular formula is C12H15ClO2. The lowest BCUT2D eigenvalue weighted by molar-refractivity contribution is -0.139. The van der Waals surface area contributed by atoms with Gasteiger partial charge in [0.1, 0.15) is 0 Å². The van der Waals surface area contributed by atoms with Crippen molar-refractivity contribution in [1.82, 2.24) is 0 Å². The molecule has 82 valence electrons. The molecule has 0 bridgehead atoms. The van der Waals surface area contributed by atoms with Gasteiger partial charge in [0.2, 0.25) is 0 Å². The van der Waals surface area contributed by atoms with E-state index in [9.17, 15) is 4.79 Å². The van der Waals surface area contributed by atoms with Crippen LogP contribution < -0.4 is 0 Å². The minimum absolute atomic E-state index is 0.213. The lowest BCUT2D eigenvalue weighted by Gasteiger charge is -2.11. The van der Waals surface area contributed by atoms with Gasteiger partial charge in [0, 0.05) is 5.02 Å². The van der Waals surface area contributed by atoms with Crippen LogP contribution in [0.25, 0.3) is 0 Å². The summed E-state index contributed by atoms with van der Waals surface area (Å²) in [5.41, 5.74) is 3.20. The van der Waals surface area contributed by atoms with E-state index in [-0.39, 0.29) is 5.97 Å². The monoisotopic (exact) mass is 226 g/mol. The Hall–Kier alpha value is -1.02. The van der Waals surface area contributed by atoms with Gasteiger partial charge in [0.15, 0.2) is 0 Å². The van der Waals surface area contributed by atoms with Gasteiger partial charge < -0.3 is 4.74 Å². The Kier molecular flexibility index (Phi) is 4.15. The Labute approximate surface area is 95.2 Å². The molecule has 0 N–H and O–H groups in total. The first-order chi connectivity index (χ1) is 7.08. The fourth-order valence-electron chi connectivity index (χ4n) is 1.63. The van der Waals surface area contributed by atoms with Crippen molar-refractivity contribution < 1.29 is 9.53 Å². The zero-order valence-electron chi connectivity index (χ0n) is 9.26. The normalized spacial score (nSPS) is 10.1. The Morgan fingerprint density at radius 3 is 2.67 bits per heavy atom. The van der Waals surface area contributed by atoms with E-state index in [0.717, 1.165) is 28.1 Å². The molecule has 0 radical (unpaired) electrons. The molecule has 0 aromatic heterocycles. The van der Waals surface area contributed by atoms with Crippen molar-refractivity contribution in [3.05, 3.63) is 33.8 Å². The Bertz CT molecular complexity index is 372. The fourth-order valence-corrected chi connectivity index (χ4v) is 1.92. The summed E-state index contributed by atoms with van der Waals surface area (Å²) in [6.07, 6.45) is 1.19. The highest BCUT2D eigenvalue weighted by molar-refractivity contribution is 6.30. The predicted molar refractivity (Wildman–Crippen MR) is 61.3 cm³/mol. The summed E-state index contributed by atoms with van der Waals surface area (Å²) in [5, 5.41) is 0.720. The molecule has 0 amide bonds. The van der Waals surface area contributed by atoms with E-state index in [2.05, 4.69) is 4.74 Å². The average Bonchev–Trinajstić information content (AvgIpc) is 2.21. The van der Waals surface area contributed by atoms with Crippen LogP contribution in [0.15, 0.2) is 12.1 Å². The zero-order chi connectivity index (χ0) is 11.4. The Morgan fingerprint density at radius 1 is 1.47 bits per heavy atom. The van der Waals surface area contributed by atoms with E-state index < -0.39 is 0 Å². The first-order valence-corrected chi connectivity index (χ1v) is 5.31. The van der Waals surface area contributed by atoms with Gasteiger partial charge in [-0.2, -0.15) is 0 Å². The van der Waals surface area contributed by atoms with Crippen LogP contribution in [0.1, 0.15) is 23.6 Å². The second-order valence-corrected chi connectivity index (χ2v) is 3.90. The molecule has 3 heteroatoms. The van der Waals surface area contributed by atoms with Crippen molar-refractivity contribution in [3.8, 4) is 0 Å². The summed E-state index contributed by atoms with van der Waals surface area (Å²) in [4.78, 5) is 11.2. The molecule has 0 aliphatic carbocycles. The molecule has 0 saturated heterocycles. The van der Waals surface area contributed by atoms with Gasteiger partial charge in [0.05, 0.1) is 13.5 Å². The van der Waals surface area contributed by atoms with E-state index in [1.807, 2.05) is 26.0 Å². The Balaban J connectivity index is 3.09. The number of hydrogen-bond acceptors (Lipinski definition) is 2. The summed E-state index contributed by atoms with van der Waals surface area (Å²) in [7, 11) is 1.40. The van der Waals surface area contributed by atoms with E-state index in [0.29, 0.717) is 6.42 Å². The van der Waals surface area contributed by atoms with Crippen molar-refractivity contribution in [2.24, 2.45) is 0 Å². The number of benzene rings is 1. The Morgan fingerprint density at radius 2 is 2.13 bits per heavy atom. The van der Waals surface area contributed by atoms with E-state index >= 15 is 0 Å². The van der Waals surface area contributed by atoms with Crippen LogP contribution in [-0.2, 0) is 22.4 Å². The third-order valence-corrected chi connectivity index (χ3v) is 2.68. The first-order valence-electron chi connectivity index (χ1n) is 4.93. The van der Waals surface area contributed by atoms with Crippen molar-refractivity contribution in [2.45, 2.75) is 26.7 Å². The number of carbonyl (C=O) groups is 1. The standard InChI is InChI=1S/C12H15ClO2/c1-4-9-6-10(13)5-8(2)11(9)7-12(14)15-3/h5-6H,4,7H2,1-3H3. The van der Waals surface area contributed by atoms with Crippen molar-refractivity contribution in [1.29, 1.82) is 0 Å². The minimum atomic E-state index is -0.213. The summed E-state index contributed by atoms with van der Waals surface area (Å²) in [6.45, 7) is 4.01. The molecule has 0 heterocycles. The van der Waals surface area contributed by atoms with Crippen LogP contribution in [0.4, 0.5) is 0 Å². The SMILES string of the molecule is CCc1cc(Cl)cc(C)c1CC(=O)OC. The molecule has 1 aromatic rings. The molecule has 0 spiro atoms. The second-order valence-electron chi connectivity index (χ2n) is 3.47. The molecule has 2 nitrogen and oxygen atoms in total. The number of aryl methyl sites for hydroxylation is 2. The highest BCUT2D eigenvalue weighted by Crippen LogP contribution is 2.22. The van der Waals surface area contributed by atoms with Gasteiger partial charge in [-0.15, -0.1) is 0 Å². The molecule has 15 heavy (non-hydrogen) atoms. The number of carbonyl (C=O) groups excluding carboxylic acids is 1. The van der Waals surface area contributed by atoms with Gasteiger partial charge in [-0.1, -0.05) is 18.5 Å². The highest BCUT2D eigenvalue weighted by atomic mass is 35.5. The molecule has 1 aromatic carbocycles. The van der Waals surface area contributed by atoms with Gasteiger partial charge >= 0.3 is 5.97 Å². The van der Waals surface area contributed by atoms with Crippen molar-refractivity contribution >= 4 is 17.6 Å². The van der Waals surface area contributed by atoms with Crippen molar-refractivity contribution in [3.63, 3.8) is 0 Å². The quantitative estimate of drug-likeness (QED) is 0.741. The minimum Gasteiger partial charge on any atom is -0.469 e. The predicted octanol–water partition coefficient (Wildman–Crippen LogP) is 2.93. The summed E-state index contributed by atoms with van der Waals surface area (Å²) < 4.78 is 4.67. The lowest BCUT2D eigenvalue weighted by Crippen LogP contribution is -2.08. The van der Waals surface area contributed by atoms with Crippen LogP contribution in [-0.4, -0.2) is 13.1 Å². The number of methoxy groups -OCH3 is 1. The fraction of sp³-hybridized carbons (Fsp3) is 0.417. The number of esters is 1. The molecule has 1 rings (SSSR count). The molecule has 0 saturated carbocycles. The van der Waals surface area contributed by atoms with Gasteiger partial charge in [-0.05, 0) is 42.2 Å². The molecule has 0 aliphatic heterocycles. The maximum atomic E-state index is 11.2. The van der Waals surface area contributed by atoms with Crippen LogP contribution in [0.5, 0.6) is 0 Å². The zero-order valence-corrected chi connectivity index (χ0v) is 10.0. The first kappa shape index (κ1) is 12.1. The number of ether oxygens (including phenoxy) is 1. The third kappa shape index (κ3) is 2.96. The highest BCUT2D eigenvalue weighted by Gasteiger charge is 2.10. The van der Waals surface area contributed by atoms with Gasteiger partial charge in [-0.25, -0.2) is 0 Å². The number of hydrogen-bond donors (Lipinski definition) is 0. The van der Waals surface area contributed by atoms with Crippen molar-refractivity contribution in [2.75, 3.05) is 7.11 Å². The maximum absolute atomic E-state index is 11.2. The summed E-state index contributed by atoms with van der Waals surface area (Å²) >= 11 is 5.96. The molecule has 0 aliphatic rings. The lowest BCUT2D eigenvalue weighted by atomic mass is 9.97. The van der Waals surface area contributed by atoms with Crippen LogP contribution in [0.3, 0.4) is 0 Å². The third-order valence-electron chi connectivity index (χ3n) is 2.46. The average molecular weight is 227 g/mol. The van der Waals surface area contributed by atoms with Crippen LogP contribution in [0.2, 0.25) is 5.02 Å². The largest absolute Gasteiger partial charge is 0.469 e. The van der Waals surface area contributed by atoms with E-state index in [1.165, 1.54) is 7.11 Å². The molecule has 0 unspecified atom stereocenters. The second kappa shape index (κ2) is 5.17. The molecule has 0 fully saturated rings. The van der Waals surface area contributed by atoms with Gasteiger partial charge in [0.25, 0.3) is 0 Å². The van der Waals surface area contributed by atoms with Crippen LogP contribution >= 0.6 is 11.6 Å². The van der Waals surface area contributed by atoms with E-state index in [4.69, 9.17) is 11.6 Å². The molecule has 0 atom stereocenters. The summed E-state index contributed by atoms with van der Waals surface area (Å²) in [5.74, 6) is -0.213. The van der Waals surface area contributed by atoms with Gasteiger partial charge in [-0.3, -0.25) is 4.79 Å². The molecular weight excluding hydrogens is 212 g/mol. The number of rotatable bonds is 3. The van der Waals surface area contributed by atoms with E-state index in [1.54, 1.807) is 0 Å². The topological polar surface area (TPSA) is 26.3 Å². The smallest absolute Gasteiger partial charge is 0.309 e.